The Bertz CT molecular complexity index is 1080. The summed E-state index contributed by atoms with van der Waals surface area (Å²) in [4.78, 5) is 21.6. The summed E-state index contributed by atoms with van der Waals surface area (Å²) in [6.45, 7) is 13.4. The van der Waals surface area contributed by atoms with Crippen LogP contribution in [0.25, 0.3) is 0 Å². The number of rotatable bonds is 1. The molecule has 1 aromatic rings. The van der Waals surface area contributed by atoms with Gasteiger partial charge < -0.3 is 14.5 Å². The maximum atomic E-state index is 12.5. The molecular formula is C27H34ClN3O2. The van der Waals surface area contributed by atoms with E-state index < -0.39 is 5.60 Å². The van der Waals surface area contributed by atoms with Gasteiger partial charge in [0.05, 0.1) is 11.7 Å². The molecule has 0 saturated carbocycles. The largest absolute Gasteiger partial charge is 0.444 e. The van der Waals surface area contributed by atoms with E-state index in [1.54, 1.807) is 4.90 Å². The Morgan fingerprint density at radius 1 is 1.21 bits per heavy atom. The van der Waals surface area contributed by atoms with Gasteiger partial charge in [0.25, 0.3) is 0 Å². The number of carbonyl (C=O) groups is 1. The van der Waals surface area contributed by atoms with Crippen LogP contribution in [0, 0.1) is 0 Å². The topological polar surface area (TPSA) is 45.1 Å². The molecule has 1 aromatic carbocycles. The van der Waals surface area contributed by atoms with Gasteiger partial charge in [-0.05, 0) is 82.2 Å². The van der Waals surface area contributed by atoms with Crippen molar-refractivity contribution in [1.29, 1.82) is 0 Å². The Balaban J connectivity index is 1.69. The summed E-state index contributed by atoms with van der Waals surface area (Å²) in [7, 11) is 0. The first-order valence-electron chi connectivity index (χ1n) is 11.8. The van der Waals surface area contributed by atoms with Crippen molar-refractivity contribution in [3.05, 3.63) is 63.9 Å². The fraction of sp³-hybridized carbons (Fsp3) is 0.481. The number of hydrogen-bond donors (Lipinski definition) is 0. The molecule has 0 aliphatic carbocycles. The van der Waals surface area contributed by atoms with E-state index in [0.29, 0.717) is 19.0 Å². The first kappa shape index (κ1) is 23.6. The average molecular weight is 468 g/mol. The Kier molecular flexibility index (Phi) is 6.45. The number of carbonyl (C=O) groups excluding carboxylic acids is 1. The van der Waals surface area contributed by atoms with Crippen LogP contribution in [0.2, 0.25) is 5.02 Å². The number of nitrogens with zero attached hydrogens (tertiary/aromatic N) is 3. The monoisotopic (exact) mass is 467 g/mol. The molecule has 176 valence electrons. The van der Waals surface area contributed by atoms with Crippen LogP contribution in [0.5, 0.6) is 0 Å². The molecular weight excluding hydrogens is 434 g/mol. The smallest absolute Gasteiger partial charge is 0.410 e. The number of amides is 1. The molecule has 0 radical (unpaired) electrons. The second-order valence-corrected chi connectivity index (χ2v) is 10.7. The van der Waals surface area contributed by atoms with Crippen LogP contribution >= 0.6 is 11.6 Å². The molecule has 3 aliphatic rings. The van der Waals surface area contributed by atoms with Gasteiger partial charge >= 0.3 is 6.09 Å². The quantitative estimate of drug-likeness (QED) is 0.453. The lowest BCUT2D eigenvalue weighted by atomic mass is 9.88. The third-order valence-electron chi connectivity index (χ3n) is 6.44. The van der Waals surface area contributed by atoms with Crippen molar-refractivity contribution in [3.63, 3.8) is 0 Å². The van der Waals surface area contributed by atoms with Gasteiger partial charge in [-0.3, -0.25) is 4.99 Å². The van der Waals surface area contributed by atoms with E-state index in [0.717, 1.165) is 35.0 Å². The number of fused-ring (bicyclic) bond motifs is 3. The Morgan fingerprint density at radius 2 is 1.97 bits per heavy atom. The second kappa shape index (κ2) is 9.02. The maximum Gasteiger partial charge on any atom is 0.410 e. The zero-order valence-corrected chi connectivity index (χ0v) is 21.2. The molecule has 33 heavy (non-hydrogen) atoms. The fourth-order valence-corrected chi connectivity index (χ4v) is 4.61. The average Bonchev–Trinajstić information content (AvgIpc) is 2.74. The zero-order valence-electron chi connectivity index (χ0n) is 20.5. The Labute approximate surface area is 202 Å². The molecule has 2 atom stereocenters. The second-order valence-electron chi connectivity index (χ2n) is 10.2. The van der Waals surface area contributed by atoms with E-state index in [2.05, 4.69) is 50.1 Å². The van der Waals surface area contributed by atoms with Crippen LogP contribution in [-0.4, -0.2) is 41.6 Å². The van der Waals surface area contributed by atoms with Gasteiger partial charge in [0.1, 0.15) is 11.4 Å². The minimum absolute atomic E-state index is 0.113. The molecule has 0 fully saturated rings. The molecule has 0 saturated heterocycles. The highest BCUT2D eigenvalue weighted by Gasteiger charge is 2.31. The third-order valence-corrected chi connectivity index (χ3v) is 6.68. The predicted molar refractivity (Wildman–Crippen MR) is 136 cm³/mol. The summed E-state index contributed by atoms with van der Waals surface area (Å²) in [5.74, 6) is 1.31. The van der Waals surface area contributed by atoms with E-state index in [4.69, 9.17) is 21.3 Å². The molecule has 0 aromatic heterocycles. The van der Waals surface area contributed by atoms with Crippen molar-refractivity contribution >= 4 is 29.2 Å². The highest BCUT2D eigenvalue weighted by Crippen LogP contribution is 2.39. The summed E-state index contributed by atoms with van der Waals surface area (Å²) in [5, 5.41) is 0.723. The minimum Gasteiger partial charge on any atom is -0.444 e. The zero-order chi connectivity index (χ0) is 23.9. The lowest BCUT2D eigenvalue weighted by Gasteiger charge is -2.36. The molecule has 5 nitrogen and oxygen atoms in total. The van der Waals surface area contributed by atoms with Crippen molar-refractivity contribution in [2.45, 2.75) is 71.9 Å². The van der Waals surface area contributed by atoms with Gasteiger partial charge in [-0.25, -0.2) is 4.79 Å². The fourth-order valence-electron chi connectivity index (χ4n) is 4.44. The molecule has 4 rings (SSSR count). The summed E-state index contributed by atoms with van der Waals surface area (Å²) < 4.78 is 5.56. The maximum absolute atomic E-state index is 12.5. The van der Waals surface area contributed by atoms with Crippen LogP contribution in [0.4, 0.5) is 10.5 Å². The van der Waals surface area contributed by atoms with E-state index in [1.165, 1.54) is 16.7 Å². The van der Waals surface area contributed by atoms with Crippen LogP contribution in [-0.2, 0) is 4.74 Å². The SMILES string of the molecule is CC1=CN2C(=NC1C)C(C1=CCN(C(=O)OC(C)(C)C)CC1)=CCC(C)c1ccc(Cl)cc12. The van der Waals surface area contributed by atoms with Gasteiger partial charge in [0.2, 0.25) is 0 Å². The highest BCUT2D eigenvalue weighted by molar-refractivity contribution is 6.31. The van der Waals surface area contributed by atoms with Gasteiger partial charge in [-0.1, -0.05) is 36.7 Å². The number of allylic oxidation sites excluding steroid dienone is 1. The molecule has 0 N–H and O–H groups in total. The van der Waals surface area contributed by atoms with Gasteiger partial charge in [0, 0.05) is 29.9 Å². The Hall–Kier alpha value is -2.53. The van der Waals surface area contributed by atoms with Crippen molar-refractivity contribution in [2.24, 2.45) is 4.99 Å². The first-order valence-corrected chi connectivity index (χ1v) is 12.1. The number of aliphatic imine (C=N–C) groups is 1. The number of benzene rings is 1. The summed E-state index contributed by atoms with van der Waals surface area (Å²) in [6, 6.07) is 6.27. The molecule has 2 unspecified atom stereocenters. The van der Waals surface area contributed by atoms with Crippen molar-refractivity contribution in [3.8, 4) is 0 Å². The van der Waals surface area contributed by atoms with E-state index in [-0.39, 0.29) is 12.1 Å². The Morgan fingerprint density at radius 3 is 2.64 bits per heavy atom. The number of halogens is 1. The van der Waals surface area contributed by atoms with Gasteiger partial charge in [-0.15, -0.1) is 0 Å². The van der Waals surface area contributed by atoms with Crippen molar-refractivity contribution in [1.82, 2.24) is 4.90 Å². The minimum atomic E-state index is -0.494. The highest BCUT2D eigenvalue weighted by atomic mass is 35.5. The molecule has 6 heteroatoms. The van der Waals surface area contributed by atoms with Crippen molar-refractivity contribution in [2.75, 3.05) is 18.0 Å². The summed E-state index contributed by atoms with van der Waals surface area (Å²) in [6.07, 6.45) is 8.10. The third kappa shape index (κ3) is 5.03. The molecule has 0 bridgehead atoms. The number of amidine groups is 1. The van der Waals surface area contributed by atoms with Gasteiger partial charge in [-0.2, -0.15) is 0 Å². The lowest BCUT2D eigenvalue weighted by molar-refractivity contribution is 0.0266. The summed E-state index contributed by atoms with van der Waals surface area (Å²) >= 11 is 6.43. The van der Waals surface area contributed by atoms with E-state index in [9.17, 15) is 4.79 Å². The standard InChI is InChI=1S/C27H34ClN3O2/c1-17-7-9-23(20-11-13-30(14-12-20)26(32)33-27(4,5)6)25-29-19(3)18(2)16-31(25)24-15-21(28)8-10-22(17)24/h8-11,15-17,19H,7,12-14H2,1-6H3. The molecule has 1 amide bonds. The number of hydrogen-bond acceptors (Lipinski definition) is 4. The normalized spacial score (nSPS) is 23.2. The number of ether oxygens (including phenoxy) is 1. The van der Waals surface area contributed by atoms with E-state index >= 15 is 0 Å². The summed E-state index contributed by atoms with van der Waals surface area (Å²) in [5.41, 5.74) is 5.48. The molecule has 0 spiro atoms. The van der Waals surface area contributed by atoms with Crippen LogP contribution in [0.3, 0.4) is 0 Å². The van der Waals surface area contributed by atoms with E-state index in [1.807, 2.05) is 32.9 Å². The van der Waals surface area contributed by atoms with Crippen LogP contribution < -0.4 is 4.90 Å². The predicted octanol–water partition coefficient (Wildman–Crippen LogP) is 6.85. The molecule has 3 aliphatic heterocycles. The van der Waals surface area contributed by atoms with Crippen LogP contribution in [0.1, 0.15) is 65.9 Å². The number of anilines is 1. The molecule has 3 heterocycles. The van der Waals surface area contributed by atoms with Crippen molar-refractivity contribution < 1.29 is 9.53 Å². The van der Waals surface area contributed by atoms with Crippen LogP contribution in [0.15, 0.2) is 58.3 Å². The lowest BCUT2D eigenvalue weighted by Crippen LogP contribution is -2.40. The van der Waals surface area contributed by atoms with Gasteiger partial charge in [0.15, 0.2) is 0 Å². The first-order chi connectivity index (χ1) is 15.5.